The summed E-state index contributed by atoms with van der Waals surface area (Å²) in [5.74, 6) is -0.165. The number of nitrogens with one attached hydrogen (secondary N) is 2. The molecule has 1 unspecified atom stereocenters. The van der Waals surface area contributed by atoms with Gasteiger partial charge in [-0.2, -0.15) is 10.2 Å². The number of aromatic nitrogens is 5. The summed E-state index contributed by atoms with van der Waals surface area (Å²) in [7, 11) is 1.84. The molecule has 0 spiro atoms. The second-order valence-corrected chi connectivity index (χ2v) is 5.03. The van der Waals surface area contributed by atoms with Gasteiger partial charge in [-0.3, -0.25) is 14.6 Å². The SMILES string of the molecule is Cc1nn(C)c2ncc(C(=O)NC(C)c3cn[nH]c3)cc12. The van der Waals surface area contributed by atoms with Crippen LogP contribution >= 0.6 is 0 Å². The monoisotopic (exact) mass is 284 g/mol. The van der Waals surface area contributed by atoms with Gasteiger partial charge in [-0.1, -0.05) is 0 Å². The van der Waals surface area contributed by atoms with Crippen LogP contribution in [0.5, 0.6) is 0 Å². The maximum absolute atomic E-state index is 12.3. The molecular formula is C14H16N6O. The Morgan fingerprint density at radius 3 is 2.95 bits per heavy atom. The topological polar surface area (TPSA) is 88.5 Å². The number of hydrogen-bond acceptors (Lipinski definition) is 4. The summed E-state index contributed by atoms with van der Waals surface area (Å²) in [6, 6.07) is 1.70. The lowest BCUT2D eigenvalue weighted by Crippen LogP contribution is -2.26. The van der Waals surface area contributed by atoms with E-state index in [1.165, 1.54) is 0 Å². The van der Waals surface area contributed by atoms with Crippen molar-refractivity contribution in [3.63, 3.8) is 0 Å². The molecule has 0 aliphatic heterocycles. The zero-order chi connectivity index (χ0) is 15.0. The summed E-state index contributed by atoms with van der Waals surface area (Å²) in [6.07, 6.45) is 5.02. The van der Waals surface area contributed by atoms with Crippen molar-refractivity contribution in [1.82, 2.24) is 30.3 Å². The van der Waals surface area contributed by atoms with Gasteiger partial charge in [0.25, 0.3) is 5.91 Å². The number of rotatable bonds is 3. The zero-order valence-electron chi connectivity index (χ0n) is 12.1. The normalized spacial score (nSPS) is 12.5. The molecule has 21 heavy (non-hydrogen) atoms. The Hall–Kier alpha value is -2.70. The molecule has 0 bridgehead atoms. The van der Waals surface area contributed by atoms with Crippen LogP contribution in [-0.4, -0.2) is 30.9 Å². The van der Waals surface area contributed by atoms with E-state index in [4.69, 9.17) is 0 Å². The molecule has 0 aliphatic carbocycles. The Morgan fingerprint density at radius 1 is 1.43 bits per heavy atom. The van der Waals surface area contributed by atoms with E-state index in [1.807, 2.05) is 27.0 Å². The maximum atomic E-state index is 12.3. The minimum Gasteiger partial charge on any atom is -0.345 e. The number of carbonyl (C=O) groups is 1. The van der Waals surface area contributed by atoms with Crippen molar-refractivity contribution in [2.75, 3.05) is 0 Å². The number of aromatic amines is 1. The number of fused-ring (bicyclic) bond motifs is 1. The number of carbonyl (C=O) groups excluding carboxylic acids is 1. The fourth-order valence-electron chi connectivity index (χ4n) is 2.29. The van der Waals surface area contributed by atoms with Crippen molar-refractivity contribution in [3.05, 3.63) is 41.5 Å². The first kappa shape index (κ1) is 13.3. The van der Waals surface area contributed by atoms with E-state index in [-0.39, 0.29) is 11.9 Å². The number of nitrogens with zero attached hydrogens (tertiary/aromatic N) is 4. The zero-order valence-corrected chi connectivity index (χ0v) is 12.1. The van der Waals surface area contributed by atoms with Gasteiger partial charge in [0.1, 0.15) is 0 Å². The molecule has 0 aromatic carbocycles. The number of amides is 1. The molecule has 0 radical (unpaired) electrons. The van der Waals surface area contributed by atoms with Crippen molar-refractivity contribution in [3.8, 4) is 0 Å². The van der Waals surface area contributed by atoms with Gasteiger partial charge in [0, 0.05) is 30.4 Å². The van der Waals surface area contributed by atoms with Gasteiger partial charge in [0.2, 0.25) is 0 Å². The minimum absolute atomic E-state index is 0.123. The predicted octanol–water partition coefficient (Wildman–Crippen LogP) is 1.49. The van der Waals surface area contributed by atoms with Gasteiger partial charge < -0.3 is 5.32 Å². The molecule has 3 heterocycles. The summed E-state index contributed by atoms with van der Waals surface area (Å²) in [6.45, 7) is 3.81. The van der Waals surface area contributed by atoms with Crippen LogP contribution in [0, 0.1) is 6.92 Å². The third-order valence-corrected chi connectivity index (χ3v) is 3.49. The van der Waals surface area contributed by atoms with E-state index < -0.39 is 0 Å². The third-order valence-electron chi connectivity index (χ3n) is 3.49. The second-order valence-electron chi connectivity index (χ2n) is 5.03. The van der Waals surface area contributed by atoms with Crippen molar-refractivity contribution < 1.29 is 4.79 Å². The lowest BCUT2D eigenvalue weighted by Gasteiger charge is -2.11. The molecule has 0 fully saturated rings. The van der Waals surface area contributed by atoms with Gasteiger partial charge in [-0.05, 0) is 19.9 Å². The van der Waals surface area contributed by atoms with Crippen LogP contribution in [0.1, 0.15) is 34.6 Å². The molecule has 7 nitrogen and oxygen atoms in total. The second kappa shape index (κ2) is 5.01. The molecule has 2 N–H and O–H groups in total. The van der Waals surface area contributed by atoms with Crippen LogP contribution in [0.3, 0.4) is 0 Å². The summed E-state index contributed by atoms with van der Waals surface area (Å²) in [5.41, 5.74) is 3.08. The van der Waals surface area contributed by atoms with Crippen LogP contribution in [0.2, 0.25) is 0 Å². The molecule has 0 saturated carbocycles. The maximum Gasteiger partial charge on any atom is 0.253 e. The molecule has 3 aromatic rings. The van der Waals surface area contributed by atoms with E-state index in [0.717, 1.165) is 22.3 Å². The van der Waals surface area contributed by atoms with Crippen LogP contribution in [0.15, 0.2) is 24.7 Å². The van der Waals surface area contributed by atoms with Crippen molar-refractivity contribution in [1.29, 1.82) is 0 Å². The van der Waals surface area contributed by atoms with Gasteiger partial charge in [0.05, 0.1) is 23.5 Å². The van der Waals surface area contributed by atoms with Gasteiger partial charge in [-0.25, -0.2) is 4.98 Å². The number of aryl methyl sites for hydroxylation is 2. The van der Waals surface area contributed by atoms with Crippen molar-refractivity contribution in [2.24, 2.45) is 7.05 Å². The first-order chi connectivity index (χ1) is 10.1. The fraction of sp³-hybridized carbons (Fsp3) is 0.286. The molecule has 0 aliphatic rings. The summed E-state index contributed by atoms with van der Waals surface area (Å²) < 4.78 is 1.71. The summed E-state index contributed by atoms with van der Waals surface area (Å²) in [4.78, 5) is 16.6. The predicted molar refractivity (Wildman–Crippen MR) is 77.7 cm³/mol. The van der Waals surface area contributed by atoms with Crippen LogP contribution < -0.4 is 5.32 Å². The minimum atomic E-state index is -0.165. The Balaban J connectivity index is 1.86. The lowest BCUT2D eigenvalue weighted by atomic mass is 10.1. The standard InChI is InChI=1S/C14H16N6O/c1-8(11-6-16-17-7-11)18-14(21)10-4-12-9(2)19-20(3)13(12)15-5-10/h4-8H,1-3H3,(H,16,17)(H,18,21). The van der Waals surface area contributed by atoms with Gasteiger partial charge in [0.15, 0.2) is 5.65 Å². The Bertz CT molecular complexity index is 789. The van der Waals surface area contributed by atoms with Crippen LogP contribution in [0.25, 0.3) is 11.0 Å². The van der Waals surface area contributed by atoms with E-state index in [2.05, 4.69) is 25.6 Å². The molecule has 1 amide bonds. The number of hydrogen-bond donors (Lipinski definition) is 2. The van der Waals surface area contributed by atoms with Crippen LogP contribution in [-0.2, 0) is 7.05 Å². The molecule has 1 atom stereocenters. The number of pyridine rings is 1. The fourth-order valence-corrected chi connectivity index (χ4v) is 2.29. The molecule has 0 saturated heterocycles. The molecule has 108 valence electrons. The van der Waals surface area contributed by atoms with E-state index in [0.29, 0.717) is 5.56 Å². The molecule has 7 heteroatoms. The average Bonchev–Trinajstić information content (AvgIpc) is 3.08. The van der Waals surface area contributed by atoms with Crippen molar-refractivity contribution in [2.45, 2.75) is 19.9 Å². The summed E-state index contributed by atoms with van der Waals surface area (Å²) in [5, 5.41) is 14.7. The molecule has 3 rings (SSSR count). The number of H-pyrrole nitrogens is 1. The van der Waals surface area contributed by atoms with E-state index in [1.54, 1.807) is 23.3 Å². The average molecular weight is 284 g/mol. The first-order valence-corrected chi connectivity index (χ1v) is 6.65. The Morgan fingerprint density at radius 2 is 2.24 bits per heavy atom. The quantitative estimate of drug-likeness (QED) is 0.762. The van der Waals surface area contributed by atoms with Gasteiger partial charge in [-0.15, -0.1) is 0 Å². The molecule has 3 aromatic heterocycles. The highest BCUT2D eigenvalue weighted by Gasteiger charge is 2.15. The van der Waals surface area contributed by atoms with Crippen LogP contribution in [0.4, 0.5) is 0 Å². The highest BCUT2D eigenvalue weighted by Crippen LogP contribution is 2.17. The highest BCUT2D eigenvalue weighted by atomic mass is 16.1. The Kier molecular flexibility index (Phi) is 3.17. The first-order valence-electron chi connectivity index (χ1n) is 6.65. The highest BCUT2D eigenvalue weighted by molar-refractivity contribution is 5.97. The largest absolute Gasteiger partial charge is 0.345 e. The lowest BCUT2D eigenvalue weighted by molar-refractivity contribution is 0.0939. The van der Waals surface area contributed by atoms with Gasteiger partial charge >= 0.3 is 0 Å². The van der Waals surface area contributed by atoms with E-state index in [9.17, 15) is 4.79 Å². The van der Waals surface area contributed by atoms with Crippen molar-refractivity contribution >= 4 is 16.9 Å². The smallest absolute Gasteiger partial charge is 0.253 e. The Labute approximate surface area is 121 Å². The molecular weight excluding hydrogens is 268 g/mol. The third kappa shape index (κ3) is 2.37. The van der Waals surface area contributed by atoms with E-state index >= 15 is 0 Å². The summed E-state index contributed by atoms with van der Waals surface area (Å²) >= 11 is 0.